The molecule has 0 amide bonds. The molecule has 6 heteroatoms. The predicted octanol–water partition coefficient (Wildman–Crippen LogP) is 2.48. The number of aryl methyl sites for hydroxylation is 1. The summed E-state index contributed by atoms with van der Waals surface area (Å²) >= 11 is 9.24. The molecule has 1 aromatic heterocycles. The summed E-state index contributed by atoms with van der Waals surface area (Å²) in [4.78, 5) is 4.13. The molecule has 0 bridgehead atoms. The lowest BCUT2D eigenvalue weighted by molar-refractivity contribution is 0.781. The highest BCUT2D eigenvalue weighted by Crippen LogP contribution is 2.28. The van der Waals surface area contributed by atoms with Gasteiger partial charge in [0.05, 0.1) is 0 Å². The Bertz CT molecular complexity index is 489. The summed E-state index contributed by atoms with van der Waals surface area (Å²) in [5.74, 6) is 0.963. The van der Waals surface area contributed by atoms with E-state index >= 15 is 0 Å². The first kappa shape index (κ1) is 10.4. The summed E-state index contributed by atoms with van der Waals surface area (Å²) < 4.78 is 2.37. The molecule has 2 N–H and O–H groups in total. The van der Waals surface area contributed by atoms with Crippen LogP contribution in [0.25, 0.3) is 11.4 Å². The third kappa shape index (κ3) is 1.98. The Morgan fingerprint density at radius 2 is 2.20 bits per heavy atom. The fourth-order valence-corrected chi connectivity index (χ4v) is 2.04. The van der Waals surface area contributed by atoms with Crippen LogP contribution in [0.1, 0.15) is 0 Å². The van der Waals surface area contributed by atoms with Crippen LogP contribution in [0.2, 0.25) is 5.02 Å². The van der Waals surface area contributed by atoms with Crippen LogP contribution in [0.15, 0.2) is 22.7 Å². The van der Waals surface area contributed by atoms with Gasteiger partial charge in [-0.25, -0.2) is 4.68 Å². The standard InChI is InChI=1S/C9H8BrClN4/c1-15-9(12)13-8(14-15)6-3-2-5(11)4-7(6)10/h2-4H,1H3,(H2,12,13,14). The number of aromatic nitrogens is 3. The Hall–Kier alpha value is -1.07. The molecule has 0 saturated carbocycles. The molecule has 0 aliphatic rings. The molecule has 1 heterocycles. The van der Waals surface area contributed by atoms with E-state index in [0.29, 0.717) is 16.8 Å². The van der Waals surface area contributed by atoms with E-state index in [1.54, 1.807) is 19.2 Å². The number of nitrogens with two attached hydrogens (primary N) is 1. The first-order chi connectivity index (χ1) is 7.08. The van der Waals surface area contributed by atoms with E-state index in [2.05, 4.69) is 26.0 Å². The van der Waals surface area contributed by atoms with E-state index in [0.717, 1.165) is 10.0 Å². The maximum atomic E-state index is 5.84. The second-order valence-electron chi connectivity index (χ2n) is 3.04. The third-order valence-corrected chi connectivity index (χ3v) is 2.86. The second kappa shape index (κ2) is 3.83. The monoisotopic (exact) mass is 286 g/mol. The molecule has 0 aliphatic carbocycles. The molecule has 0 saturated heterocycles. The summed E-state index contributed by atoms with van der Waals surface area (Å²) in [6, 6.07) is 5.43. The minimum atomic E-state index is 0.381. The molecule has 1 aromatic carbocycles. The van der Waals surface area contributed by atoms with E-state index in [1.807, 2.05) is 6.07 Å². The van der Waals surface area contributed by atoms with E-state index in [4.69, 9.17) is 17.3 Å². The van der Waals surface area contributed by atoms with Gasteiger partial charge in [0.1, 0.15) is 0 Å². The summed E-state index contributed by atoms with van der Waals surface area (Å²) in [5.41, 5.74) is 6.47. The average molecular weight is 288 g/mol. The van der Waals surface area contributed by atoms with Gasteiger partial charge in [-0.05, 0) is 34.1 Å². The first-order valence-electron chi connectivity index (χ1n) is 4.20. The molecule has 4 nitrogen and oxygen atoms in total. The van der Waals surface area contributed by atoms with Gasteiger partial charge in [-0.2, -0.15) is 4.98 Å². The summed E-state index contributed by atoms with van der Waals surface area (Å²) in [6.45, 7) is 0. The van der Waals surface area contributed by atoms with Crippen molar-refractivity contribution in [3.8, 4) is 11.4 Å². The number of benzene rings is 1. The highest BCUT2D eigenvalue weighted by atomic mass is 79.9. The van der Waals surface area contributed by atoms with Crippen LogP contribution in [0.4, 0.5) is 5.95 Å². The molecule has 2 rings (SSSR count). The van der Waals surface area contributed by atoms with Gasteiger partial charge in [-0.1, -0.05) is 11.6 Å². The Morgan fingerprint density at radius 3 is 2.73 bits per heavy atom. The van der Waals surface area contributed by atoms with Crippen molar-refractivity contribution >= 4 is 33.5 Å². The van der Waals surface area contributed by atoms with Gasteiger partial charge in [-0.15, -0.1) is 5.10 Å². The van der Waals surface area contributed by atoms with Gasteiger partial charge >= 0.3 is 0 Å². The van der Waals surface area contributed by atoms with Crippen LogP contribution in [0.5, 0.6) is 0 Å². The number of anilines is 1. The topological polar surface area (TPSA) is 56.7 Å². The maximum absolute atomic E-state index is 5.84. The van der Waals surface area contributed by atoms with Crippen LogP contribution >= 0.6 is 27.5 Å². The van der Waals surface area contributed by atoms with Crippen molar-refractivity contribution in [2.45, 2.75) is 0 Å². The summed E-state index contributed by atoms with van der Waals surface area (Å²) in [7, 11) is 1.75. The molecule has 0 aliphatic heterocycles. The second-order valence-corrected chi connectivity index (χ2v) is 4.33. The Kier molecular flexibility index (Phi) is 2.67. The highest BCUT2D eigenvalue weighted by Gasteiger charge is 2.10. The SMILES string of the molecule is Cn1nc(-c2ccc(Cl)cc2Br)nc1N. The van der Waals surface area contributed by atoms with Gasteiger partial charge in [0.15, 0.2) is 5.82 Å². The van der Waals surface area contributed by atoms with Crippen LogP contribution in [0, 0.1) is 0 Å². The fraction of sp³-hybridized carbons (Fsp3) is 0.111. The quantitative estimate of drug-likeness (QED) is 0.876. The number of nitrogens with zero attached hydrogens (tertiary/aromatic N) is 3. The van der Waals surface area contributed by atoms with Crippen molar-refractivity contribution < 1.29 is 0 Å². The van der Waals surface area contributed by atoms with Gasteiger partial charge in [0, 0.05) is 22.1 Å². The third-order valence-electron chi connectivity index (χ3n) is 1.97. The zero-order valence-corrected chi connectivity index (χ0v) is 10.2. The van der Waals surface area contributed by atoms with Gasteiger partial charge in [0.2, 0.25) is 5.95 Å². The van der Waals surface area contributed by atoms with Gasteiger partial charge in [-0.3, -0.25) is 0 Å². The zero-order valence-electron chi connectivity index (χ0n) is 7.91. The fourth-order valence-electron chi connectivity index (χ4n) is 1.18. The van der Waals surface area contributed by atoms with Crippen LogP contribution in [-0.4, -0.2) is 14.8 Å². The Balaban J connectivity index is 2.54. The number of hydrogen-bond donors (Lipinski definition) is 1. The molecule has 2 aromatic rings. The van der Waals surface area contributed by atoms with Crippen LogP contribution < -0.4 is 5.73 Å². The van der Waals surface area contributed by atoms with E-state index in [1.165, 1.54) is 4.68 Å². The lowest BCUT2D eigenvalue weighted by atomic mass is 10.2. The molecule has 0 unspecified atom stereocenters. The number of halogens is 2. The number of hydrogen-bond acceptors (Lipinski definition) is 3. The smallest absolute Gasteiger partial charge is 0.218 e. The van der Waals surface area contributed by atoms with Crippen LogP contribution in [-0.2, 0) is 7.05 Å². The Labute approximate surface area is 100 Å². The molecular weight excluding hydrogens is 279 g/mol. The van der Waals surface area contributed by atoms with Crippen molar-refractivity contribution in [1.29, 1.82) is 0 Å². The largest absolute Gasteiger partial charge is 0.368 e. The first-order valence-corrected chi connectivity index (χ1v) is 5.37. The lowest BCUT2D eigenvalue weighted by Crippen LogP contribution is -1.97. The van der Waals surface area contributed by atoms with E-state index in [-0.39, 0.29) is 0 Å². The zero-order chi connectivity index (χ0) is 11.0. The molecule has 78 valence electrons. The summed E-state index contributed by atoms with van der Waals surface area (Å²) in [5, 5.41) is 4.84. The van der Waals surface area contributed by atoms with Crippen molar-refractivity contribution in [3.05, 3.63) is 27.7 Å². The molecule has 0 spiro atoms. The average Bonchev–Trinajstić information content (AvgIpc) is 2.46. The molecule has 0 fully saturated rings. The number of nitrogen functional groups attached to an aromatic ring is 1. The van der Waals surface area contributed by atoms with Gasteiger partial charge in [0.25, 0.3) is 0 Å². The molecule has 0 radical (unpaired) electrons. The van der Waals surface area contributed by atoms with Crippen molar-refractivity contribution in [1.82, 2.24) is 14.8 Å². The van der Waals surface area contributed by atoms with E-state index in [9.17, 15) is 0 Å². The van der Waals surface area contributed by atoms with Gasteiger partial charge < -0.3 is 5.73 Å². The minimum absolute atomic E-state index is 0.381. The van der Waals surface area contributed by atoms with E-state index < -0.39 is 0 Å². The highest BCUT2D eigenvalue weighted by molar-refractivity contribution is 9.10. The predicted molar refractivity (Wildman–Crippen MR) is 63.6 cm³/mol. The lowest BCUT2D eigenvalue weighted by Gasteiger charge is -1.99. The normalized spacial score (nSPS) is 10.6. The van der Waals surface area contributed by atoms with Crippen LogP contribution in [0.3, 0.4) is 0 Å². The minimum Gasteiger partial charge on any atom is -0.368 e. The molecule has 15 heavy (non-hydrogen) atoms. The summed E-state index contributed by atoms with van der Waals surface area (Å²) in [6.07, 6.45) is 0. The number of rotatable bonds is 1. The Morgan fingerprint density at radius 1 is 1.47 bits per heavy atom. The maximum Gasteiger partial charge on any atom is 0.218 e. The van der Waals surface area contributed by atoms with Crippen molar-refractivity contribution in [3.63, 3.8) is 0 Å². The van der Waals surface area contributed by atoms with Crippen molar-refractivity contribution in [2.24, 2.45) is 7.05 Å². The van der Waals surface area contributed by atoms with Crippen molar-refractivity contribution in [2.75, 3.05) is 5.73 Å². The molecular formula is C9H8BrClN4. The molecule has 0 atom stereocenters.